The lowest BCUT2D eigenvalue weighted by atomic mass is 10.5. The number of hydrogen-bond donors (Lipinski definition) is 0. The molecule has 1 saturated heterocycles. The summed E-state index contributed by atoms with van der Waals surface area (Å²) in [6, 6.07) is 1.96. The molecule has 1 unspecified atom stereocenters. The van der Waals surface area contributed by atoms with Crippen LogP contribution in [0.2, 0.25) is 0 Å². The largest absolute Gasteiger partial charge is 0.332 e. The SMILES string of the molecule is CCOP1OCCO1.[C-]#[N+]CCOP(OCC)OCCC#N. The Morgan fingerprint density at radius 3 is 2.41 bits per heavy atom. The van der Waals surface area contributed by atoms with Gasteiger partial charge in [-0.25, -0.2) is 6.57 Å². The molecule has 1 aliphatic rings. The number of nitrogens with zero attached hydrogens (tertiary/aromatic N) is 2. The fraction of sp³-hybridized carbons (Fsp3) is 0.833. The zero-order chi connectivity index (χ0) is 16.5. The highest BCUT2D eigenvalue weighted by Gasteiger charge is 2.17. The van der Waals surface area contributed by atoms with E-state index in [1.165, 1.54) is 0 Å². The highest BCUT2D eigenvalue weighted by atomic mass is 31.2. The van der Waals surface area contributed by atoms with Crippen molar-refractivity contribution >= 4 is 17.2 Å². The molecule has 0 aromatic rings. The van der Waals surface area contributed by atoms with Crippen LogP contribution in [0.4, 0.5) is 0 Å². The van der Waals surface area contributed by atoms with Gasteiger partial charge in [-0.05, 0) is 13.8 Å². The maximum Gasteiger partial charge on any atom is 0.332 e. The van der Waals surface area contributed by atoms with Gasteiger partial charge in [-0.1, -0.05) is 0 Å². The molecule has 0 bridgehead atoms. The summed E-state index contributed by atoms with van der Waals surface area (Å²) < 4.78 is 30.5. The topological polar surface area (TPSA) is 83.5 Å². The van der Waals surface area contributed by atoms with Crippen LogP contribution in [-0.2, 0) is 27.1 Å². The molecule has 8 nitrogen and oxygen atoms in total. The first-order valence-corrected chi connectivity index (χ1v) is 9.05. The van der Waals surface area contributed by atoms with Crippen LogP contribution in [0.1, 0.15) is 20.3 Å². The van der Waals surface area contributed by atoms with Gasteiger partial charge >= 0.3 is 17.2 Å². The minimum absolute atomic E-state index is 0.299. The van der Waals surface area contributed by atoms with Crippen LogP contribution in [0.25, 0.3) is 4.85 Å². The quantitative estimate of drug-likeness (QED) is 0.338. The predicted molar refractivity (Wildman–Crippen MR) is 82.6 cm³/mol. The van der Waals surface area contributed by atoms with E-state index in [9.17, 15) is 0 Å². The predicted octanol–water partition coefficient (Wildman–Crippen LogP) is 3.41. The summed E-state index contributed by atoms with van der Waals surface area (Å²) in [4.78, 5) is 3.14. The van der Waals surface area contributed by atoms with Gasteiger partial charge in [0.05, 0.1) is 45.5 Å². The molecule has 0 saturated carbocycles. The molecule has 0 radical (unpaired) electrons. The van der Waals surface area contributed by atoms with Gasteiger partial charge < -0.3 is 32.0 Å². The third kappa shape index (κ3) is 13.3. The first kappa shape index (κ1) is 21.6. The summed E-state index contributed by atoms with van der Waals surface area (Å²) in [5.74, 6) is 0. The van der Waals surface area contributed by atoms with Crippen molar-refractivity contribution in [2.75, 3.05) is 46.2 Å². The molecular weight excluding hydrogens is 330 g/mol. The Balaban J connectivity index is 0.000000461. The van der Waals surface area contributed by atoms with Gasteiger partial charge in [-0.15, -0.1) is 0 Å². The van der Waals surface area contributed by atoms with Crippen molar-refractivity contribution in [3.8, 4) is 6.07 Å². The van der Waals surface area contributed by atoms with Crippen LogP contribution in [0.15, 0.2) is 0 Å². The Morgan fingerprint density at radius 1 is 1.18 bits per heavy atom. The maximum absolute atomic E-state index is 8.28. The molecule has 0 aliphatic carbocycles. The van der Waals surface area contributed by atoms with Crippen molar-refractivity contribution in [2.45, 2.75) is 20.3 Å². The van der Waals surface area contributed by atoms with E-state index in [-0.39, 0.29) is 0 Å². The summed E-state index contributed by atoms with van der Waals surface area (Å²) in [5, 5.41) is 8.28. The standard InChI is InChI=1S/C8H13N2O3P.C4H9O3P/c1-3-11-14(12-7-4-5-9)13-8-6-10-2;1-2-5-8-6-3-4-7-8/h3-4,6-8H2,1H3;2-4H2,1H3. The van der Waals surface area contributed by atoms with Crippen LogP contribution in [0, 0.1) is 17.9 Å². The number of rotatable bonds is 10. The van der Waals surface area contributed by atoms with Gasteiger partial charge in [0, 0.05) is 0 Å². The summed E-state index contributed by atoms with van der Waals surface area (Å²) >= 11 is 0. The lowest BCUT2D eigenvalue weighted by Gasteiger charge is -2.13. The zero-order valence-corrected chi connectivity index (χ0v) is 14.7. The van der Waals surface area contributed by atoms with E-state index in [1.54, 1.807) is 0 Å². The molecule has 0 aromatic carbocycles. The molecule has 126 valence electrons. The van der Waals surface area contributed by atoms with E-state index in [0.29, 0.717) is 52.6 Å². The van der Waals surface area contributed by atoms with E-state index in [1.807, 2.05) is 19.9 Å². The van der Waals surface area contributed by atoms with Crippen molar-refractivity contribution < 1.29 is 27.1 Å². The highest BCUT2D eigenvalue weighted by Crippen LogP contribution is 2.42. The van der Waals surface area contributed by atoms with Crippen LogP contribution in [0.3, 0.4) is 0 Å². The molecule has 0 aromatic heterocycles. The smallest absolute Gasteiger partial charge is 0.314 e. The fourth-order valence-electron chi connectivity index (χ4n) is 0.985. The van der Waals surface area contributed by atoms with Gasteiger partial charge in [-0.2, -0.15) is 5.26 Å². The summed E-state index contributed by atoms with van der Waals surface area (Å²) in [5.41, 5.74) is 0. The minimum Gasteiger partial charge on any atom is -0.314 e. The van der Waals surface area contributed by atoms with Crippen LogP contribution in [0.5, 0.6) is 0 Å². The van der Waals surface area contributed by atoms with Crippen molar-refractivity contribution in [3.63, 3.8) is 0 Å². The van der Waals surface area contributed by atoms with E-state index < -0.39 is 17.2 Å². The molecule has 0 N–H and O–H groups in total. The lowest BCUT2D eigenvalue weighted by Crippen LogP contribution is -1.99. The lowest BCUT2D eigenvalue weighted by molar-refractivity contribution is 0.172. The summed E-state index contributed by atoms with van der Waals surface area (Å²) in [6.45, 7) is 13.8. The molecule has 0 spiro atoms. The van der Waals surface area contributed by atoms with Crippen LogP contribution >= 0.6 is 17.2 Å². The van der Waals surface area contributed by atoms with Crippen molar-refractivity contribution in [1.82, 2.24) is 0 Å². The van der Waals surface area contributed by atoms with E-state index in [4.69, 9.17) is 39.0 Å². The molecule has 1 aliphatic heterocycles. The molecule has 0 amide bonds. The highest BCUT2D eigenvalue weighted by molar-refractivity contribution is 7.42. The van der Waals surface area contributed by atoms with Gasteiger partial charge in [0.25, 0.3) is 0 Å². The Morgan fingerprint density at radius 2 is 1.86 bits per heavy atom. The molecule has 1 atom stereocenters. The molecule has 22 heavy (non-hydrogen) atoms. The Hall–Kier alpha value is -0.400. The normalized spacial score (nSPS) is 15.5. The Kier molecular flexibility index (Phi) is 16.7. The molecule has 1 fully saturated rings. The molecule has 10 heteroatoms. The first-order chi connectivity index (χ1) is 10.8. The second-order valence-corrected chi connectivity index (χ2v) is 5.85. The van der Waals surface area contributed by atoms with Gasteiger partial charge in [0.15, 0.2) is 0 Å². The zero-order valence-electron chi connectivity index (χ0n) is 12.9. The van der Waals surface area contributed by atoms with E-state index >= 15 is 0 Å². The average molecular weight is 352 g/mol. The van der Waals surface area contributed by atoms with E-state index in [0.717, 1.165) is 0 Å². The second kappa shape index (κ2) is 17.0. The fourth-order valence-corrected chi connectivity index (χ4v) is 2.77. The van der Waals surface area contributed by atoms with Crippen molar-refractivity contribution in [3.05, 3.63) is 11.4 Å². The maximum atomic E-state index is 8.28. The van der Waals surface area contributed by atoms with E-state index in [2.05, 4.69) is 4.85 Å². The molecule has 1 rings (SSSR count). The summed E-state index contributed by atoms with van der Waals surface area (Å²) in [6.07, 6.45) is 0.318. The molecule has 1 heterocycles. The van der Waals surface area contributed by atoms with Gasteiger partial charge in [0.1, 0.15) is 6.61 Å². The Labute approximate surface area is 134 Å². The third-order valence-corrected chi connectivity index (χ3v) is 4.27. The summed E-state index contributed by atoms with van der Waals surface area (Å²) in [7, 11) is -2.32. The average Bonchev–Trinajstić information content (AvgIpc) is 3.02. The van der Waals surface area contributed by atoms with Crippen LogP contribution < -0.4 is 0 Å². The van der Waals surface area contributed by atoms with Gasteiger partial charge in [-0.3, -0.25) is 0 Å². The third-order valence-electron chi connectivity index (χ3n) is 1.76. The number of nitriles is 1. The molecular formula is C12H22N2O6P2. The van der Waals surface area contributed by atoms with Gasteiger partial charge in [0.2, 0.25) is 6.54 Å². The number of hydrogen-bond acceptors (Lipinski definition) is 7. The van der Waals surface area contributed by atoms with Crippen molar-refractivity contribution in [2.24, 2.45) is 0 Å². The first-order valence-electron chi connectivity index (χ1n) is 6.86. The minimum atomic E-state index is -1.38. The second-order valence-electron chi connectivity index (χ2n) is 3.41. The van der Waals surface area contributed by atoms with Crippen molar-refractivity contribution in [1.29, 1.82) is 5.26 Å². The van der Waals surface area contributed by atoms with Crippen LogP contribution in [-0.4, -0.2) is 46.2 Å². The Bertz CT molecular complexity index is 311. The monoisotopic (exact) mass is 352 g/mol.